The number of halogens is 6. The highest BCUT2D eigenvalue weighted by Gasteiger charge is 2.29. The number of benzene rings is 7. The topological polar surface area (TPSA) is 324 Å². The molecule has 0 saturated heterocycles. The Kier molecular flexibility index (Phi) is 30.4. The van der Waals surface area contributed by atoms with Crippen LogP contribution in [0.5, 0.6) is 11.6 Å². The van der Waals surface area contributed by atoms with Crippen LogP contribution in [-0.2, 0) is 61.8 Å². The summed E-state index contributed by atoms with van der Waals surface area (Å²) in [5.41, 5.74) is 4.13. The van der Waals surface area contributed by atoms with Gasteiger partial charge in [-0.15, -0.1) is 11.8 Å². The van der Waals surface area contributed by atoms with E-state index < -0.39 is 63.3 Å². The lowest BCUT2D eigenvalue weighted by atomic mass is 9.87. The Labute approximate surface area is 737 Å². The van der Waals surface area contributed by atoms with E-state index in [0.29, 0.717) is 21.6 Å². The Balaban J connectivity index is 0.000000183. The Morgan fingerprint density at radius 2 is 0.752 bits per heavy atom. The molecule has 0 aliphatic heterocycles. The minimum Gasteiger partial charge on any atom is -0.618 e. The van der Waals surface area contributed by atoms with Gasteiger partial charge in [-0.3, -0.25) is 33.3 Å². The van der Waals surface area contributed by atoms with Crippen LogP contribution in [0.25, 0.3) is 0 Å². The van der Waals surface area contributed by atoms with Gasteiger partial charge in [-0.1, -0.05) is 230 Å². The van der Waals surface area contributed by atoms with E-state index in [9.17, 15) is 57.7 Å². The zero-order valence-electron chi connectivity index (χ0n) is 67.9. The first-order valence-corrected chi connectivity index (χ1v) is 46.2. The van der Waals surface area contributed by atoms with Crippen LogP contribution in [-0.4, -0.2) is 77.2 Å². The summed E-state index contributed by atoms with van der Waals surface area (Å²) in [6.07, 6.45) is 8.41. The number of hydrogen-bond acceptors (Lipinski definition) is 18. The van der Waals surface area contributed by atoms with Crippen molar-refractivity contribution >= 4 is 154 Å². The van der Waals surface area contributed by atoms with E-state index >= 15 is 0 Å². The SMILES string of the molecule is CC(C)(C)c1ccc(S(=O)(=O)Nc2cc(Cl)cnc2C(=O)c2cccc(Br)c2)cc1.CC(C)(C)c1ccc(S(=O)(=O)Nc2cc(Cl)cnc2C(=O)c2ccccc2F)cc1.CSc1cccc(C(=O)c2ncc(Cl)cc2NS(=O)(=O)c2ccc(C(C)(C)C)cc2)c1.Cc1c(Oc2ncc(Cl)cc2NS(=O)(=O)c2ccc(C(C)(C)C)cc2)ccc[n+]1[O-]. The van der Waals surface area contributed by atoms with Gasteiger partial charge in [0.05, 0.1) is 62.3 Å². The van der Waals surface area contributed by atoms with Crippen molar-refractivity contribution in [1.82, 2.24) is 19.9 Å². The third kappa shape index (κ3) is 25.3. The van der Waals surface area contributed by atoms with Crippen LogP contribution in [0.3, 0.4) is 0 Å². The third-order valence-corrected chi connectivity index (χ3v) is 25.6. The number of hydrogen-bond donors (Lipinski definition) is 4. The summed E-state index contributed by atoms with van der Waals surface area (Å²) in [6, 6.07) is 54.2. The molecule has 0 spiro atoms. The molecule has 121 heavy (non-hydrogen) atoms. The number of rotatable bonds is 21. The van der Waals surface area contributed by atoms with Crippen molar-refractivity contribution in [3.63, 3.8) is 0 Å². The number of ketones is 3. The zero-order chi connectivity index (χ0) is 89.1. The van der Waals surface area contributed by atoms with E-state index in [1.165, 1.54) is 116 Å². The highest BCUT2D eigenvalue weighted by atomic mass is 79.9. The molecule has 7 aromatic carbocycles. The first-order chi connectivity index (χ1) is 56.4. The van der Waals surface area contributed by atoms with Gasteiger partial charge >= 0.3 is 0 Å². The predicted molar refractivity (Wildman–Crippen MR) is 480 cm³/mol. The molecule has 0 saturated carbocycles. The molecule has 5 aromatic heterocycles. The van der Waals surface area contributed by atoms with Crippen molar-refractivity contribution < 1.29 is 61.9 Å². The van der Waals surface area contributed by atoms with E-state index in [1.54, 1.807) is 128 Å². The molecule has 0 bridgehead atoms. The molecule has 5 heterocycles. The van der Waals surface area contributed by atoms with Crippen molar-refractivity contribution in [1.29, 1.82) is 0 Å². The second-order valence-corrected chi connectivity index (χ2v) is 41.5. The van der Waals surface area contributed by atoms with Crippen molar-refractivity contribution in [3.05, 3.63) is 335 Å². The molecule has 0 radical (unpaired) electrons. The number of nitrogens with one attached hydrogen (secondary N) is 4. The minimum atomic E-state index is -4.04. The van der Waals surface area contributed by atoms with Gasteiger partial charge in [-0.25, -0.2) is 58.0 Å². The number of anilines is 4. The summed E-state index contributed by atoms with van der Waals surface area (Å²) in [4.78, 5) is 56.2. The Morgan fingerprint density at radius 1 is 0.421 bits per heavy atom. The van der Waals surface area contributed by atoms with Gasteiger partial charge in [-0.05, 0) is 165 Å². The molecule has 12 aromatic rings. The predicted octanol–water partition coefficient (Wildman–Crippen LogP) is 21.4. The average molecular weight is 1880 g/mol. The molecule has 33 heteroatoms. The summed E-state index contributed by atoms with van der Waals surface area (Å²) in [5.74, 6) is -2.08. The third-order valence-electron chi connectivity index (χ3n) is 18.0. The highest BCUT2D eigenvalue weighted by molar-refractivity contribution is 9.10. The second kappa shape index (κ2) is 38.9. The van der Waals surface area contributed by atoms with E-state index in [0.717, 1.165) is 37.7 Å². The van der Waals surface area contributed by atoms with E-state index in [2.05, 4.69) is 75.5 Å². The summed E-state index contributed by atoms with van der Waals surface area (Å²) in [7, 11) is -15.9. The van der Waals surface area contributed by atoms with Crippen molar-refractivity contribution in [2.24, 2.45) is 0 Å². The maximum absolute atomic E-state index is 14.1. The molecule has 22 nitrogen and oxygen atoms in total. The van der Waals surface area contributed by atoms with Gasteiger partial charge in [0, 0.05) is 58.3 Å². The molecule has 0 fully saturated rings. The standard InChI is InChI=1S/C23H23ClN2O3S2.C22H20BrClN2O3S.C22H20ClFN2O3S.C21H22ClN3O4S/c1-23(2,3)16-8-10-19(11-9-16)31(28,29)26-20-13-17(24)14-25-21(20)22(27)15-6-5-7-18(12-15)30-4;1-22(2,3)15-7-9-18(10-8-15)30(28,29)26-19-12-17(24)13-25-20(19)21(27)14-5-4-6-16(23)11-14;1-22(2,3)14-8-10-16(11-9-14)30(28,29)26-19-12-15(23)13-25-20(19)21(27)17-6-4-5-7-18(17)24;1-14-19(6-5-11-25(14)26)29-20-18(12-16(22)13-23-20)24-30(27,28)17-9-7-15(8-10-17)21(2,3)4/h5-14,26H,1-4H3;2*4-13,26H,1-3H3;5-13,24H,1-4H3. The fourth-order valence-electron chi connectivity index (χ4n) is 11.2. The second-order valence-electron chi connectivity index (χ2n) is 31.3. The molecule has 632 valence electrons. The van der Waals surface area contributed by atoms with Crippen LogP contribution in [0.15, 0.2) is 266 Å². The molecule has 0 aliphatic carbocycles. The molecule has 12 rings (SSSR count). The van der Waals surface area contributed by atoms with Crippen molar-refractivity contribution in [2.75, 3.05) is 25.1 Å². The average Bonchev–Trinajstić information content (AvgIpc) is 0.799. The normalized spacial score (nSPS) is 11.9. The Bertz CT molecular complexity index is 6340. The van der Waals surface area contributed by atoms with Gasteiger partial charge in [0.2, 0.25) is 28.9 Å². The van der Waals surface area contributed by atoms with Crippen molar-refractivity contribution in [3.8, 4) is 11.6 Å². The van der Waals surface area contributed by atoms with Crippen LogP contribution in [0.4, 0.5) is 27.1 Å². The summed E-state index contributed by atoms with van der Waals surface area (Å²) in [6.45, 7) is 26.1. The number of thioether (sulfide) groups is 1. The minimum absolute atomic E-state index is 0.0137. The Morgan fingerprint density at radius 3 is 1.11 bits per heavy atom. The first-order valence-electron chi connectivity index (χ1n) is 36.7. The van der Waals surface area contributed by atoms with Gasteiger partial charge < -0.3 is 9.94 Å². The van der Waals surface area contributed by atoms with E-state index in [-0.39, 0.29) is 118 Å². The zero-order valence-corrected chi connectivity index (χ0v) is 76.6. The summed E-state index contributed by atoms with van der Waals surface area (Å²) in [5, 5.41) is 12.5. The monoisotopic (exact) mass is 1870 g/mol. The largest absolute Gasteiger partial charge is 0.618 e. The van der Waals surface area contributed by atoms with Crippen LogP contribution in [0, 0.1) is 17.9 Å². The lowest BCUT2D eigenvalue weighted by Crippen LogP contribution is -2.29. The van der Waals surface area contributed by atoms with E-state index in [1.807, 2.05) is 74.6 Å². The van der Waals surface area contributed by atoms with Gasteiger partial charge in [0.25, 0.3) is 40.1 Å². The maximum atomic E-state index is 14.1. The quantitative estimate of drug-likeness (QED) is 0.0225. The lowest BCUT2D eigenvalue weighted by molar-refractivity contribution is -0.612. The smallest absolute Gasteiger partial charge is 0.262 e. The van der Waals surface area contributed by atoms with Crippen LogP contribution < -0.4 is 28.4 Å². The highest BCUT2D eigenvalue weighted by Crippen LogP contribution is 2.36. The summed E-state index contributed by atoms with van der Waals surface area (Å²) >= 11 is 28.9. The first kappa shape index (κ1) is 94.7. The van der Waals surface area contributed by atoms with Gasteiger partial charge in [0.1, 0.15) is 28.6 Å². The van der Waals surface area contributed by atoms with Gasteiger partial charge in [-0.2, -0.15) is 4.73 Å². The molecular weight excluding hydrogens is 1790 g/mol. The maximum Gasteiger partial charge on any atom is 0.262 e. The van der Waals surface area contributed by atoms with Crippen LogP contribution in [0.2, 0.25) is 20.1 Å². The molecule has 0 aliphatic rings. The Hall–Kier alpha value is -10.2. The number of ether oxygens (including phenoxy) is 1. The molecular formula is C88H85BrCl4FN9O13S5. The van der Waals surface area contributed by atoms with Crippen molar-refractivity contribution in [2.45, 2.75) is 136 Å². The summed E-state index contributed by atoms with van der Waals surface area (Å²) < 4.78 is 134. The van der Waals surface area contributed by atoms with E-state index in [4.69, 9.17) is 51.1 Å². The number of carbonyl (C=O) groups is 3. The number of aromatic nitrogens is 5. The number of pyridine rings is 5. The molecule has 4 N–H and O–H groups in total. The number of nitrogens with zero attached hydrogens (tertiary/aromatic N) is 5. The van der Waals surface area contributed by atoms with Crippen LogP contribution in [0.1, 0.15) is 159 Å². The van der Waals surface area contributed by atoms with Gasteiger partial charge in [0.15, 0.2) is 11.9 Å². The number of sulfonamides is 4. The fraction of sp³-hybridized carbons (Fsp3) is 0.205. The molecule has 0 amide bonds. The number of carbonyl (C=O) groups excluding carboxylic acids is 3. The molecule has 0 unspecified atom stereocenters. The lowest BCUT2D eigenvalue weighted by Gasteiger charge is -2.19. The fourth-order valence-corrected chi connectivity index (χ4v) is 16.9. The molecule has 0 atom stereocenters. The van der Waals surface area contributed by atoms with Crippen LogP contribution >= 0.6 is 74.1 Å².